The maximum Gasteiger partial charge on any atom is 0.330 e. The van der Waals surface area contributed by atoms with E-state index in [4.69, 9.17) is 21.0 Å². The maximum atomic E-state index is 11.7. The highest BCUT2D eigenvalue weighted by molar-refractivity contribution is 9.11. The number of nitrogens with zero attached hydrogens (tertiary/aromatic N) is 2. The summed E-state index contributed by atoms with van der Waals surface area (Å²) in [5.41, 5.74) is -1.45. The lowest BCUT2D eigenvalue weighted by Gasteiger charge is -2.14. The van der Waals surface area contributed by atoms with Crippen molar-refractivity contribution in [3.63, 3.8) is 0 Å². The van der Waals surface area contributed by atoms with Crippen LogP contribution in [0.25, 0.3) is 6.08 Å². The molecule has 0 saturated carbocycles. The third-order valence-electron chi connectivity index (χ3n) is 5.65. The highest BCUT2D eigenvalue weighted by Gasteiger charge is 2.35. The SMILES string of the molecule is C#C[C@H]1O[C@@H](n2cc(C)c(=O)[nH]c2=O)C[C@@H]1O.O=c1[nH]c(=O)n([C@H]2C[C@H](O)[C@@H](CO)O2)cc1/C=C/Br. The van der Waals surface area contributed by atoms with Crippen molar-refractivity contribution in [2.75, 3.05) is 6.61 Å². The third kappa shape index (κ3) is 6.01. The molecule has 2 saturated heterocycles. The molecule has 36 heavy (non-hydrogen) atoms. The number of aliphatic hydroxyl groups excluding tert-OH is 3. The van der Waals surface area contributed by atoms with E-state index < -0.39 is 59.4 Å². The van der Waals surface area contributed by atoms with Gasteiger partial charge in [-0.3, -0.25) is 28.7 Å². The second-order valence-electron chi connectivity index (χ2n) is 8.12. The number of nitrogens with one attached hydrogen (secondary N) is 2. The van der Waals surface area contributed by atoms with E-state index in [1.807, 2.05) is 0 Å². The van der Waals surface area contributed by atoms with E-state index in [-0.39, 0.29) is 25.0 Å². The Balaban J connectivity index is 0.000000202. The van der Waals surface area contributed by atoms with Crippen molar-refractivity contribution in [3.05, 3.63) is 70.2 Å². The molecule has 2 aromatic rings. The molecule has 4 rings (SSSR count). The van der Waals surface area contributed by atoms with Gasteiger partial charge in [0.05, 0.1) is 24.4 Å². The van der Waals surface area contributed by atoms with Gasteiger partial charge in [-0.2, -0.15) is 0 Å². The summed E-state index contributed by atoms with van der Waals surface area (Å²) in [5, 5.41) is 28.2. The molecule has 2 aromatic heterocycles. The summed E-state index contributed by atoms with van der Waals surface area (Å²) in [6, 6.07) is 0. The van der Waals surface area contributed by atoms with Crippen molar-refractivity contribution in [1.29, 1.82) is 0 Å². The van der Waals surface area contributed by atoms with Crippen LogP contribution in [0, 0.1) is 19.3 Å². The first kappa shape index (κ1) is 27.5. The van der Waals surface area contributed by atoms with Crippen LogP contribution in [-0.2, 0) is 9.47 Å². The molecule has 2 aliphatic heterocycles. The second kappa shape index (κ2) is 11.8. The molecule has 0 spiro atoms. The zero-order valence-electron chi connectivity index (χ0n) is 19.0. The van der Waals surface area contributed by atoms with Crippen LogP contribution in [0.15, 0.2) is 36.6 Å². The van der Waals surface area contributed by atoms with E-state index in [1.54, 1.807) is 6.92 Å². The van der Waals surface area contributed by atoms with E-state index in [2.05, 4.69) is 31.8 Å². The Morgan fingerprint density at radius 3 is 2.19 bits per heavy atom. The highest BCUT2D eigenvalue weighted by Crippen LogP contribution is 2.28. The van der Waals surface area contributed by atoms with Crippen molar-refractivity contribution in [2.24, 2.45) is 0 Å². The van der Waals surface area contributed by atoms with Crippen LogP contribution in [0.2, 0.25) is 0 Å². The molecule has 4 heterocycles. The monoisotopic (exact) mass is 568 g/mol. The average molecular weight is 569 g/mol. The fourth-order valence-electron chi connectivity index (χ4n) is 3.73. The number of aryl methyl sites for hydroxylation is 1. The van der Waals surface area contributed by atoms with Gasteiger partial charge >= 0.3 is 11.4 Å². The van der Waals surface area contributed by atoms with E-state index >= 15 is 0 Å². The number of aliphatic hydroxyl groups is 3. The predicted molar refractivity (Wildman–Crippen MR) is 130 cm³/mol. The van der Waals surface area contributed by atoms with Gasteiger partial charge in [0.2, 0.25) is 0 Å². The van der Waals surface area contributed by atoms with Gasteiger partial charge in [-0.25, -0.2) is 9.59 Å². The van der Waals surface area contributed by atoms with Crippen LogP contribution in [0.4, 0.5) is 0 Å². The quantitative estimate of drug-likeness (QED) is 0.278. The van der Waals surface area contributed by atoms with E-state index in [1.165, 1.54) is 32.6 Å². The third-order valence-corrected chi connectivity index (χ3v) is 5.91. The molecule has 6 atom stereocenters. The molecule has 14 heteroatoms. The van der Waals surface area contributed by atoms with Crippen molar-refractivity contribution in [1.82, 2.24) is 19.1 Å². The molecule has 0 amide bonds. The minimum atomic E-state index is -0.844. The zero-order valence-corrected chi connectivity index (χ0v) is 20.6. The number of aromatic amines is 2. The largest absolute Gasteiger partial charge is 0.394 e. The van der Waals surface area contributed by atoms with Gasteiger partial charge in [-0.05, 0) is 18.0 Å². The number of rotatable bonds is 4. The van der Waals surface area contributed by atoms with Gasteiger partial charge in [0.15, 0.2) is 0 Å². The normalized spacial score (nSPS) is 27.6. The van der Waals surface area contributed by atoms with Crippen LogP contribution in [0.5, 0.6) is 0 Å². The van der Waals surface area contributed by atoms with Crippen LogP contribution >= 0.6 is 15.9 Å². The van der Waals surface area contributed by atoms with E-state index in [9.17, 15) is 29.4 Å². The number of hydrogen-bond acceptors (Lipinski definition) is 9. The molecule has 13 nitrogen and oxygen atoms in total. The van der Waals surface area contributed by atoms with Gasteiger partial charge in [-0.15, -0.1) is 6.42 Å². The van der Waals surface area contributed by atoms with Gasteiger partial charge in [0.25, 0.3) is 11.1 Å². The Morgan fingerprint density at radius 1 is 1.06 bits per heavy atom. The molecular weight excluding hydrogens is 544 g/mol. The lowest BCUT2D eigenvalue weighted by Crippen LogP contribution is -2.33. The fraction of sp³-hybridized carbons (Fsp3) is 0.455. The molecule has 0 radical (unpaired) electrons. The van der Waals surface area contributed by atoms with E-state index in [0.29, 0.717) is 5.56 Å². The molecule has 2 fully saturated rings. The average Bonchev–Trinajstić information content (AvgIpc) is 3.40. The molecule has 194 valence electrons. The number of terminal acetylenes is 1. The minimum Gasteiger partial charge on any atom is -0.394 e. The predicted octanol–water partition coefficient (Wildman–Crippen LogP) is -1.33. The molecule has 0 bridgehead atoms. The van der Waals surface area contributed by atoms with Crippen molar-refractivity contribution < 1.29 is 24.8 Å². The Labute approximate surface area is 211 Å². The van der Waals surface area contributed by atoms with Crippen LogP contribution in [0.1, 0.15) is 36.4 Å². The molecular formula is C22H25BrN4O9. The summed E-state index contributed by atoms with van der Waals surface area (Å²) in [5.74, 6) is 2.30. The van der Waals surface area contributed by atoms with E-state index in [0.717, 1.165) is 0 Å². The van der Waals surface area contributed by atoms with Gasteiger partial charge in [-0.1, -0.05) is 21.9 Å². The topological polar surface area (TPSA) is 189 Å². The van der Waals surface area contributed by atoms with Crippen molar-refractivity contribution in [2.45, 2.75) is 56.6 Å². The minimum absolute atomic E-state index is 0.175. The first-order valence-corrected chi connectivity index (χ1v) is 11.7. The fourth-order valence-corrected chi connectivity index (χ4v) is 4.01. The Kier molecular flexibility index (Phi) is 9.01. The molecule has 0 unspecified atom stereocenters. The van der Waals surface area contributed by atoms with Crippen molar-refractivity contribution >= 4 is 22.0 Å². The van der Waals surface area contributed by atoms with Crippen LogP contribution < -0.4 is 22.5 Å². The lowest BCUT2D eigenvalue weighted by molar-refractivity contribution is -0.0459. The Bertz CT molecular complexity index is 1390. The first-order chi connectivity index (χ1) is 17.1. The van der Waals surface area contributed by atoms with Gasteiger partial charge < -0.3 is 24.8 Å². The number of halogens is 1. The Hall–Kier alpha value is -3.06. The standard InChI is InChI=1S/C11H13BrN2O5.C11H12N2O4/c12-2-1-6-4-14(11(18)13-10(6)17)9-3-7(16)8(5-15)19-9;1-3-8-7(14)4-9(17-8)13-5-6(2)10(15)12-11(13)16/h1-2,4,7-9,15-16H,3,5H2,(H,13,17,18);1,5,7-9,14H,4H2,2H3,(H,12,15,16)/b2-1+;/t2*7-,8+,9+/m00/s1. The zero-order chi connectivity index (χ0) is 26.6. The number of aromatic nitrogens is 4. The summed E-state index contributed by atoms with van der Waals surface area (Å²) in [6.45, 7) is 1.25. The lowest BCUT2D eigenvalue weighted by atomic mass is 10.2. The summed E-state index contributed by atoms with van der Waals surface area (Å²) in [4.78, 5) is 51.9. The molecule has 5 N–H and O–H groups in total. The van der Waals surface area contributed by atoms with Gasteiger partial charge in [0.1, 0.15) is 24.7 Å². The number of hydrogen-bond donors (Lipinski definition) is 5. The first-order valence-electron chi connectivity index (χ1n) is 10.8. The summed E-state index contributed by atoms with van der Waals surface area (Å²) in [6.07, 6.45) is 5.38. The summed E-state index contributed by atoms with van der Waals surface area (Å²) in [7, 11) is 0. The highest BCUT2D eigenvalue weighted by atomic mass is 79.9. The number of ether oxygens (including phenoxy) is 2. The Morgan fingerprint density at radius 2 is 1.64 bits per heavy atom. The summed E-state index contributed by atoms with van der Waals surface area (Å²) < 4.78 is 13.1. The smallest absolute Gasteiger partial charge is 0.330 e. The van der Waals surface area contributed by atoms with Gasteiger partial charge in [0, 0.05) is 30.8 Å². The van der Waals surface area contributed by atoms with Crippen LogP contribution in [-0.4, -0.2) is 65.4 Å². The molecule has 0 aliphatic carbocycles. The summed E-state index contributed by atoms with van der Waals surface area (Å²) >= 11 is 3.05. The van der Waals surface area contributed by atoms with Crippen LogP contribution in [0.3, 0.4) is 0 Å². The maximum absolute atomic E-state index is 11.7. The molecule has 0 aromatic carbocycles. The number of H-pyrrole nitrogens is 2. The van der Waals surface area contributed by atoms with Crippen molar-refractivity contribution in [3.8, 4) is 12.3 Å². The molecule has 2 aliphatic rings. The second-order valence-corrected chi connectivity index (χ2v) is 8.65.